The number of aryl methyl sites for hydroxylation is 1. The summed E-state index contributed by atoms with van der Waals surface area (Å²) in [4.78, 5) is 7.07. The first kappa shape index (κ1) is 26.9. The molecule has 0 saturated heterocycles. The molecule has 0 aliphatic rings. The molecule has 162 valence electrons. The van der Waals surface area contributed by atoms with Gasteiger partial charge in [0.15, 0.2) is 5.96 Å². The lowest BCUT2D eigenvalue weighted by molar-refractivity contribution is 0.145. The Labute approximate surface area is 188 Å². The Balaban J connectivity index is 0.00000729. The Morgan fingerprint density at radius 3 is 2.61 bits per heavy atom. The fourth-order valence-electron chi connectivity index (χ4n) is 2.57. The molecule has 28 heavy (non-hydrogen) atoms. The van der Waals surface area contributed by atoms with Gasteiger partial charge < -0.3 is 25.0 Å². The number of ether oxygens (including phenoxy) is 2. The largest absolute Gasteiger partial charge is 0.491 e. The van der Waals surface area contributed by atoms with Crippen LogP contribution in [0.5, 0.6) is 5.75 Å². The van der Waals surface area contributed by atoms with Gasteiger partial charge in [0.2, 0.25) is 0 Å². The molecular formula is C21H39IN4O2. The van der Waals surface area contributed by atoms with Gasteiger partial charge in [-0.1, -0.05) is 25.5 Å². The smallest absolute Gasteiger partial charge is 0.191 e. The summed E-state index contributed by atoms with van der Waals surface area (Å²) >= 11 is 0. The highest BCUT2D eigenvalue weighted by Gasteiger charge is 2.06. The molecule has 0 unspecified atom stereocenters. The van der Waals surface area contributed by atoms with Crippen LogP contribution in [0.4, 0.5) is 0 Å². The minimum Gasteiger partial charge on any atom is -0.491 e. The number of likely N-dealkylation sites (N-methyl/N-ethyl adjacent to an activating group) is 1. The van der Waals surface area contributed by atoms with Crippen LogP contribution in [0.1, 0.15) is 37.8 Å². The normalized spacial score (nSPS) is 11.3. The van der Waals surface area contributed by atoms with E-state index in [0.29, 0.717) is 19.8 Å². The number of rotatable bonds is 13. The molecule has 1 rings (SSSR count). The minimum absolute atomic E-state index is 0. The number of aliphatic imine (C=N–C) groups is 1. The zero-order chi connectivity index (χ0) is 19.9. The van der Waals surface area contributed by atoms with Crippen LogP contribution in [-0.4, -0.2) is 64.4 Å². The lowest BCUT2D eigenvalue weighted by Crippen LogP contribution is -2.41. The third-order valence-corrected chi connectivity index (χ3v) is 4.20. The molecule has 0 aliphatic heterocycles. The van der Waals surface area contributed by atoms with Gasteiger partial charge in [-0.2, -0.15) is 0 Å². The molecule has 0 heterocycles. The summed E-state index contributed by atoms with van der Waals surface area (Å²) in [6.07, 6.45) is 2.47. The summed E-state index contributed by atoms with van der Waals surface area (Å²) in [6, 6.07) is 6.24. The van der Waals surface area contributed by atoms with Crippen molar-refractivity contribution in [3.8, 4) is 5.75 Å². The monoisotopic (exact) mass is 506 g/mol. The lowest BCUT2D eigenvalue weighted by atomic mass is 10.1. The van der Waals surface area contributed by atoms with E-state index < -0.39 is 0 Å². The number of halogens is 1. The SMILES string of the molecule is CCCCN(C)CCNC(=NCc1ccc(C)cc1OCCOC)NCC.I. The Kier molecular flexibility index (Phi) is 16.2. The molecule has 0 spiro atoms. The van der Waals surface area contributed by atoms with Gasteiger partial charge in [-0.3, -0.25) is 0 Å². The number of hydrogen-bond acceptors (Lipinski definition) is 4. The molecule has 0 radical (unpaired) electrons. The Morgan fingerprint density at radius 2 is 1.93 bits per heavy atom. The zero-order valence-electron chi connectivity index (χ0n) is 18.2. The van der Waals surface area contributed by atoms with E-state index in [9.17, 15) is 0 Å². The van der Waals surface area contributed by atoms with E-state index in [0.717, 1.165) is 43.5 Å². The highest BCUT2D eigenvalue weighted by molar-refractivity contribution is 14.0. The first-order valence-corrected chi connectivity index (χ1v) is 10.0. The van der Waals surface area contributed by atoms with E-state index in [-0.39, 0.29) is 24.0 Å². The molecule has 2 N–H and O–H groups in total. The second-order valence-corrected chi connectivity index (χ2v) is 6.73. The van der Waals surface area contributed by atoms with Crippen molar-refractivity contribution in [3.05, 3.63) is 29.3 Å². The van der Waals surface area contributed by atoms with Crippen LogP contribution >= 0.6 is 24.0 Å². The van der Waals surface area contributed by atoms with Gasteiger partial charge >= 0.3 is 0 Å². The maximum Gasteiger partial charge on any atom is 0.191 e. The topological polar surface area (TPSA) is 58.1 Å². The fraction of sp³-hybridized carbons (Fsp3) is 0.667. The van der Waals surface area contributed by atoms with Crippen LogP contribution in [0.25, 0.3) is 0 Å². The molecular weight excluding hydrogens is 467 g/mol. The zero-order valence-corrected chi connectivity index (χ0v) is 20.5. The van der Waals surface area contributed by atoms with E-state index in [1.165, 1.54) is 18.4 Å². The van der Waals surface area contributed by atoms with Gasteiger partial charge in [0.05, 0.1) is 13.2 Å². The average molecular weight is 506 g/mol. The van der Waals surface area contributed by atoms with Crippen molar-refractivity contribution in [2.75, 3.05) is 53.6 Å². The van der Waals surface area contributed by atoms with Crippen molar-refractivity contribution in [3.63, 3.8) is 0 Å². The molecule has 0 fully saturated rings. The predicted molar refractivity (Wildman–Crippen MR) is 129 cm³/mol. The van der Waals surface area contributed by atoms with E-state index >= 15 is 0 Å². The van der Waals surface area contributed by atoms with Crippen LogP contribution in [0.3, 0.4) is 0 Å². The highest BCUT2D eigenvalue weighted by atomic mass is 127. The fourth-order valence-corrected chi connectivity index (χ4v) is 2.57. The summed E-state index contributed by atoms with van der Waals surface area (Å²) < 4.78 is 10.9. The second-order valence-electron chi connectivity index (χ2n) is 6.73. The molecule has 6 nitrogen and oxygen atoms in total. The van der Waals surface area contributed by atoms with Crippen molar-refractivity contribution in [2.24, 2.45) is 4.99 Å². The summed E-state index contributed by atoms with van der Waals surface area (Å²) in [7, 11) is 3.84. The molecule has 0 aromatic heterocycles. The summed E-state index contributed by atoms with van der Waals surface area (Å²) in [5.74, 6) is 1.72. The van der Waals surface area contributed by atoms with Crippen molar-refractivity contribution >= 4 is 29.9 Å². The molecule has 1 aromatic carbocycles. The molecule has 0 aliphatic carbocycles. The Bertz CT molecular complexity index is 555. The van der Waals surface area contributed by atoms with Crippen LogP contribution in [0, 0.1) is 6.92 Å². The van der Waals surface area contributed by atoms with Gasteiger partial charge in [-0.15, -0.1) is 24.0 Å². The molecule has 0 atom stereocenters. The van der Waals surface area contributed by atoms with E-state index in [1.807, 2.05) is 0 Å². The maximum atomic E-state index is 5.86. The van der Waals surface area contributed by atoms with Crippen molar-refractivity contribution in [1.82, 2.24) is 15.5 Å². The predicted octanol–water partition coefficient (Wildman–Crippen LogP) is 3.43. The van der Waals surface area contributed by atoms with E-state index in [4.69, 9.17) is 14.5 Å². The molecule has 1 aromatic rings. The van der Waals surface area contributed by atoms with Crippen LogP contribution in [0.2, 0.25) is 0 Å². The van der Waals surface area contributed by atoms with Gasteiger partial charge in [-0.25, -0.2) is 4.99 Å². The van der Waals surface area contributed by atoms with Gasteiger partial charge in [0.25, 0.3) is 0 Å². The maximum absolute atomic E-state index is 5.86. The lowest BCUT2D eigenvalue weighted by Gasteiger charge is -2.18. The van der Waals surface area contributed by atoms with Gasteiger partial charge in [-0.05, 0) is 45.5 Å². The summed E-state index contributed by atoms with van der Waals surface area (Å²) in [5, 5.41) is 6.73. The van der Waals surface area contributed by atoms with E-state index in [2.05, 4.69) is 61.6 Å². The standard InChI is InChI=1S/C21H38N4O2.HI/c1-6-8-12-25(4)13-11-23-21(22-7-2)24-17-19-10-9-18(3)16-20(19)27-15-14-26-5;/h9-10,16H,6-8,11-15,17H2,1-5H3,(H2,22,23,24);1H. The third-order valence-electron chi connectivity index (χ3n) is 4.20. The highest BCUT2D eigenvalue weighted by Crippen LogP contribution is 2.21. The van der Waals surface area contributed by atoms with Crippen molar-refractivity contribution in [1.29, 1.82) is 0 Å². The Hall–Kier alpha value is -1.06. The summed E-state index contributed by atoms with van der Waals surface area (Å²) in [6.45, 7) is 11.9. The number of unbranched alkanes of at least 4 members (excludes halogenated alkanes) is 1. The third kappa shape index (κ3) is 11.7. The summed E-state index contributed by atoms with van der Waals surface area (Å²) in [5.41, 5.74) is 2.25. The molecule has 0 amide bonds. The van der Waals surface area contributed by atoms with Crippen molar-refractivity contribution in [2.45, 2.75) is 40.2 Å². The number of nitrogens with one attached hydrogen (secondary N) is 2. The minimum atomic E-state index is 0. The number of methoxy groups -OCH3 is 1. The number of nitrogens with zero attached hydrogens (tertiary/aromatic N) is 2. The number of guanidine groups is 1. The second kappa shape index (κ2) is 16.9. The van der Waals surface area contributed by atoms with Crippen LogP contribution in [-0.2, 0) is 11.3 Å². The van der Waals surface area contributed by atoms with E-state index in [1.54, 1.807) is 7.11 Å². The Morgan fingerprint density at radius 1 is 1.14 bits per heavy atom. The molecule has 0 bridgehead atoms. The van der Waals surface area contributed by atoms with Gasteiger partial charge in [0, 0.05) is 32.3 Å². The quantitative estimate of drug-likeness (QED) is 0.186. The average Bonchev–Trinajstić information content (AvgIpc) is 2.65. The number of benzene rings is 1. The van der Waals surface area contributed by atoms with Gasteiger partial charge in [0.1, 0.15) is 12.4 Å². The van der Waals surface area contributed by atoms with Crippen LogP contribution < -0.4 is 15.4 Å². The molecule has 7 heteroatoms. The van der Waals surface area contributed by atoms with Crippen LogP contribution in [0.15, 0.2) is 23.2 Å². The molecule has 0 saturated carbocycles. The van der Waals surface area contributed by atoms with Crippen molar-refractivity contribution < 1.29 is 9.47 Å². The first-order chi connectivity index (χ1) is 13.1. The number of hydrogen-bond donors (Lipinski definition) is 2. The first-order valence-electron chi connectivity index (χ1n) is 10.0.